The van der Waals surface area contributed by atoms with Crippen molar-refractivity contribution in [1.29, 1.82) is 0 Å². The van der Waals surface area contributed by atoms with Crippen LogP contribution in [-0.4, -0.2) is 66.3 Å². The monoisotopic (exact) mass is 301 g/mol. The molecule has 1 aliphatic rings. The number of hydrogen-bond acceptors (Lipinski definition) is 4. The first-order chi connectivity index (χ1) is 9.95. The molecule has 0 aliphatic carbocycles. The van der Waals surface area contributed by atoms with Gasteiger partial charge in [-0.15, -0.1) is 0 Å². The Hall–Kier alpha value is -1.83. The highest BCUT2D eigenvalue weighted by Gasteiger charge is 2.42. The van der Waals surface area contributed by atoms with E-state index < -0.39 is 17.5 Å². The summed E-state index contributed by atoms with van der Waals surface area (Å²) < 4.78 is 5.15. The standard InChI is InChI=1S/C13H23N3O5/c1-3-14-10(17)9-16(4-2)12(20)15-13(11(18)19)5-7-21-8-6-13/h3-9H2,1-2H3,(H,14,17)(H,15,20)(H,18,19). The van der Waals surface area contributed by atoms with Gasteiger partial charge < -0.3 is 25.4 Å². The first kappa shape index (κ1) is 17.2. The molecule has 0 unspecified atom stereocenters. The van der Waals surface area contributed by atoms with Gasteiger partial charge in [-0.3, -0.25) is 4.79 Å². The van der Waals surface area contributed by atoms with Gasteiger partial charge in [0.15, 0.2) is 0 Å². The molecule has 3 amide bonds. The zero-order valence-corrected chi connectivity index (χ0v) is 12.5. The van der Waals surface area contributed by atoms with Gasteiger partial charge in [0.05, 0.1) is 0 Å². The largest absolute Gasteiger partial charge is 0.480 e. The second-order valence-corrected chi connectivity index (χ2v) is 4.90. The number of rotatable bonds is 6. The van der Waals surface area contributed by atoms with Crippen molar-refractivity contribution in [1.82, 2.24) is 15.5 Å². The summed E-state index contributed by atoms with van der Waals surface area (Å²) in [6.07, 6.45) is 0.430. The van der Waals surface area contributed by atoms with Gasteiger partial charge >= 0.3 is 12.0 Å². The van der Waals surface area contributed by atoms with Crippen molar-refractivity contribution in [2.75, 3.05) is 32.8 Å². The summed E-state index contributed by atoms with van der Waals surface area (Å²) in [6.45, 7) is 4.79. The minimum absolute atomic E-state index is 0.0949. The highest BCUT2D eigenvalue weighted by Crippen LogP contribution is 2.21. The number of nitrogens with one attached hydrogen (secondary N) is 2. The van der Waals surface area contributed by atoms with E-state index in [1.54, 1.807) is 13.8 Å². The van der Waals surface area contributed by atoms with Crippen LogP contribution in [0.25, 0.3) is 0 Å². The van der Waals surface area contributed by atoms with Gasteiger partial charge in [-0.25, -0.2) is 9.59 Å². The first-order valence-corrected chi connectivity index (χ1v) is 7.10. The lowest BCUT2D eigenvalue weighted by Gasteiger charge is -2.35. The lowest BCUT2D eigenvalue weighted by Crippen LogP contribution is -2.60. The van der Waals surface area contributed by atoms with Crippen molar-refractivity contribution < 1.29 is 24.2 Å². The highest BCUT2D eigenvalue weighted by molar-refractivity contribution is 5.88. The molecule has 1 fully saturated rings. The van der Waals surface area contributed by atoms with E-state index in [1.165, 1.54) is 4.90 Å². The van der Waals surface area contributed by atoms with Gasteiger partial charge in [0.25, 0.3) is 0 Å². The molecule has 0 radical (unpaired) electrons. The number of aliphatic carboxylic acids is 1. The Labute approximate surface area is 123 Å². The van der Waals surface area contributed by atoms with Crippen LogP contribution >= 0.6 is 0 Å². The van der Waals surface area contributed by atoms with Crippen molar-refractivity contribution in [3.63, 3.8) is 0 Å². The number of ether oxygens (including phenoxy) is 1. The van der Waals surface area contributed by atoms with Crippen LogP contribution in [0.2, 0.25) is 0 Å². The van der Waals surface area contributed by atoms with E-state index in [9.17, 15) is 19.5 Å². The minimum Gasteiger partial charge on any atom is -0.480 e. The van der Waals surface area contributed by atoms with E-state index in [2.05, 4.69) is 10.6 Å². The van der Waals surface area contributed by atoms with E-state index in [-0.39, 0.29) is 38.5 Å². The number of carboxylic acid groups (broad SMARTS) is 1. The smallest absolute Gasteiger partial charge is 0.329 e. The molecule has 0 aromatic heterocycles. The number of carbonyl (C=O) groups is 3. The van der Waals surface area contributed by atoms with Gasteiger partial charge in [-0.1, -0.05) is 0 Å². The number of carboxylic acids is 1. The fourth-order valence-corrected chi connectivity index (χ4v) is 2.15. The predicted molar refractivity (Wildman–Crippen MR) is 74.9 cm³/mol. The molecule has 0 atom stereocenters. The Kier molecular flexibility index (Phi) is 6.41. The van der Waals surface area contributed by atoms with Gasteiger partial charge in [0.2, 0.25) is 5.91 Å². The number of hydrogen-bond donors (Lipinski definition) is 3. The third kappa shape index (κ3) is 4.59. The van der Waals surface area contributed by atoms with Crippen molar-refractivity contribution in [3.8, 4) is 0 Å². The van der Waals surface area contributed by atoms with Crippen LogP contribution in [0.5, 0.6) is 0 Å². The van der Waals surface area contributed by atoms with Crippen LogP contribution in [0.4, 0.5) is 4.79 Å². The Morgan fingerprint density at radius 3 is 2.33 bits per heavy atom. The van der Waals surface area contributed by atoms with Gasteiger partial charge in [0.1, 0.15) is 12.1 Å². The van der Waals surface area contributed by atoms with Gasteiger partial charge in [-0.2, -0.15) is 0 Å². The van der Waals surface area contributed by atoms with E-state index in [0.717, 1.165) is 0 Å². The molecule has 1 aliphatic heterocycles. The molecule has 1 heterocycles. The highest BCUT2D eigenvalue weighted by atomic mass is 16.5. The molecule has 0 spiro atoms. The van der Waals surface area contributed by atoms with Gasteiger partial charge in [0, 0.05) is 39.1 Å². The fraction of sp³-hybridized carbons (Fsp3) is 0.769. The van der Waals surface area contributed by atoms with Crippen LogP contribution in [0.15, 0.2) is 0 Å². The molecule has 120 valence electrons. The molecule has 0 bridgehead atoms. The molecule has 21 heavy (non-hydrogen) atoms. The van der Waals surface area contributed by atoms with Crippen LogP contribution < -0.4 is 10.6 Å². The number of likely N-dealkylation sites (N-methyl/N-ethyl adjacent to an activating group) is 2. The Balaban J connectivity index is 2.70. The minimum atomic E-state index is -1.32. The first-order valence-electron chi connectivity index (χ1n) is 7.10. The zero-order chi connectivity index (χ0) is 15.9. The van der Waals surface area contributed by atoms with Crippen LogP contribution in [0.3, 0.4) is 0 Å². The van der Waals surface area contributed by atoms with Gasteiger partial charge in [-0.05, 0) is 13.8 Å². The molecular formula is C13H23N3O5. The topological polar surface area (TPSA) is 108 Å². The SMILES string of the molecule is CCNC(=O)CN(CC)C(=O)NC1(C(=O)O)CCOCC1. The number of urea groups is 1. The Morgan fingerprint density at radius 1 is 1.24 bits per heavy atom. The van der Waals surface area contributed by atoms with Crippen LogP contribution in [0, 0.1) is 0 Å². The summed E-state index contributed by atoms with van der Waals surface area (Å²) in [5.41, 5.74) is -1.32. The molecule has 1 rings (SSSR count). The number of carbonyl (C=O) groups excluding carboxylic acids is 2. The molecule has 8 nitrogen and oxygen atoms in total. The maximum atomic E-state index is 12.2. The normalized spacial score (nSPS) is 16.9. The molecule has 0 saturated carbocycles. The summed E-state index contributed by atoms with van der Waals surface area (Å²) in [4.78, 5) is 36.5. The van der Waals surface area contributed by atoms with E-state index in [0.29, 0.717) is 13.1 Å². The lowest BCUT2D eigenvalue weighted by molar-refractivity contribution is -0.148. The summed E-state index contributed by atoms with van der Waals surface area (Å²) in [6, 6.07) is -0.548. The van der Waals surface area contributed by atoms with E-state index in [1.807, 2.05) is 0 Å². The summed E-state index contributed by atoms with van der Waals surface area (Å²) in [5, 5.41) is 14.6. The van der Waals surface area contributed by atoms with Crippen molar-refractivity contribution in [3.05, 3.63) is 0 Å². The third-order valence-electron chi connectivity index (χ3n) is 3.48. The summed E-state index contributed by atoms with van der Waals surface area (Å²) in [7, 11) is 0. The lowest BCUT2D eigenvalue weighted by atomic mass is 9.90. The van der Waals surface area contributed by atoms with Crippen LogP contribution in [-0.2, 0) is 14.3 Å². The van der Waals surface area contributed by atoms with Crippen molar-refractivity contribution in [2.24, 2.45) is 0 Å². The maximum Gasteiger partial charge on any atom is 0.329 e. The Bertz CT molecular complexity index is 393. The summed E-state index contributed by atoms with van der Waals surface area (Å²) >= 11 is 0. The second-order valence-electron chi connectivity index (χ2n) is 4.90. The maximum absolute atomic E-state index is 12.2. The number of amides is 3. The average molecular weight is 301 g/mol. The second kappa shape index (κ2) is 7.82. The van der Waals surface area contributed by atoms with Crippen molar-refractivity contribution in [2.45, 2.75) is 32.2 Å². The molecule has 0 aromatic carbocycles. The number of nitrogens with zero attached hydrogens (tertiary/aromatic N) is 1. The van der Waals surface area contributed by atoms with E-state index >= 15 is 0 Å². The molecule has 1 saturated heterocycles. The molecule has 0 aromatic rings. The predicted octanol–water partition coefficient (Wildman–Crippen LogP) is -0.212. The molecular weight excluding hydrogens is 278 g/mol. The van der Waals surface area contributed by atoms with Crippen molar-refractivity contribution >= 4 is 17.9 Å². The summed E-state index contributed by atoms with van der Waals surface area (Å²) in [5.74, 6) is -1.35. The molecule has 8 heteroatoms. The fourth-order valence-electron chi connectivity index (χ4n) is 2.15. The molecule has 3 N–H and O–H groups in total. The zero-order valence-electron chi connectivity index (χ0n) is 12.5. The Morgan fingerprint density at radius 2 is 1.86 bits per heavy atom. The third-order valence-corrected chi connectivity index (χ3v) is 3.48. The van der Waals surface area contributed by atoms with Crippen LogP contribution in [0.1, 0.15) is 26.7 Å². The quantitative estimate of drug-likeness (QED) is 0.629. The average Bonchev–Trinajstić information content (AvgIpc) is 2.45. The van der Waals surface area contributed by atoms with E-state index in [4.69, 9.17) is 4.74 Å².